The molecule has 0 atom stereocenters. The second-order valence-electron chi connectivity index (χ2n) is 4.97. The Balaban J connectivity index is 2.07. The highest BCUT2D eigenvalue weighted by Crippen LogP contribution is 2.11. The fraction of sp³-hybridized carbons (Fsp3) is 0.105. The number of aryl methyl sites for hydroxylation is 1. The maximum atomic E-state index is 12.0. The summed E-state index contributed by atoms with van der Waals surface area (Å²) in [5.74, 6) is -0.685. The largest absolute Gasteiger partial charge is 0.457 e. The van der Waals surface area contributed by atoms with E-state index in [1.165, 1.54) is 6.08 Å². The van der Waals surface area contributed by atoms with E-state index in [-0.39, 0.29) is 12.2 Å². The topological polar surface area (TPSA) is 73.9 Å². The van der Waals surface area contributed by atoms with Crippen LogP contribution in [0.5, 0.6) is 0 Å². The number of nitriles is 2. The Morgan fingerprint density at radius 1 is 1.17 bits per heavy atom. The molecule has 112 valence electrons. The smallest absolute Gasteiger partial charge is 0.349 e. The third-order valence-corrected chi connectivity index (χ3v) is 3.15. The number of carbonyl (C=O) groups is 1. The summed E-state index contributed by atoms with van der Waals surface area (Å²) < 4.78 is 5.14. The Hall–Kier alpha value is -3.37. The van der Waals surface area contributed by atoms with E-state index in [1.807, 2.05) is 43.3 Å². The molecule has 0 aliphatic rings. The van der Waals surface area contributed by atoms with Gasteiger partial charge in [-0.25, -0.2) is 4.79 Å². The maximum absolute atomic E-state index is 12.0. The van der Waals surface area contributed by atoms with E-state index in [0.717, 1.165) is 11.1 Å². The molecular formula is C19H14N2O2. The van der Waals surface area contributed by atoms with Crippen molar-refractivity contribution >= 4 is 12.0 Å². The van der Waals surface area contributed by atoms with E-state index >= 15 is 0 Å². The first-order valence-electron chi connectivity index (χ1n) is 6.97. The minimum atomic E-state index is -0.685. The lowest BCUT2D eigenvalue weighted by Gasteiger charge is -2.04. The number of benzene rings is 2. The van der Waals surface area contributed by atoms with Gasteiger partial charge in [0.15, 0.2) is 0 Å². The summed E-state index contributed by atoms with van der Waals surface area (Å²) in [6.07, 6.45) is 1.49. The van der Waals surface area contributed by atoms with Crippen molar-refractivity contribution < 1.29 is 9.53 Å². The summed E-state index contributed by atoms with van der Waals surface area (Å²) in [5, 5.41) is 18.0. The van der Waals surface area contributed by atoms with Crippen molar-refractivity contribution in [2.45, 2.75) is 13.5 Å². The Kier molecular flexibility index (Phi) is 5.28. The highest BCUT2D eigenvalue weighted by Gasteiger charge is 2.11. The van der Waals surface area contributed by atoms with Crippen LogP contribution in [0.3, 0.4) is 0 Å². The monoisotopic (exact) mass is 302 g/mol. The molecule has 0 heterocycles. The van der Waals surface area contributed by atoms with Gasteiger partial charge < -0.3 is 4.74 Å². The van der Waals surface area contributed by atoms with Crippen molar-refractivity contribution in [3.63, 3.8) is 0 Å². The van der Waals surface area contributed by atoms with E-state index in [1.54, 1.807) is 24.3 Å². The molecule has 0 spiro atoms. The highest BCUT2D eigenvalue weighted by molar-refractivity contribution is 5.97. The van der Waals surface area contributed by atoms with Crippen molar-refractivity contribution in [2.75, 3.05) is 0 Å². The van der Waals surface area contributed by atoms with E-state index in [0.29, 0.717) is 11.1 Å². The zero-order chi connectivity index (χ0) is 16.7. The lowest BCUT2D eigenvalue weighted by molar-refractivity contribution is -0.139. The normalized spacial score (nSPS) is 10.5. The molecule has 2 aromatic carbocycles. The highest BCUT2D eigenvalue weighted by atomic mass is 16.5. The average molecular weight is 302 g/mol. The van der Waals surface area contributed by atoms with Crippen molar-refractivity contribution in [2.24, 2.45) is 0 Å². The average Bonchev–Trinajstić information content (AvgIpc) is 2.59. The SMILES string of the molecule is Cc1ccc(/C=C(\C#N)C(=O)OCc2cccc(C#N)c2)cc1. The quantitative estimate of drug-likeness (QED) is 0.492. The molecule has 0 aromatic heterocycles. The third kappa shape index (κ3) is 4.56. The predicted octanol–water partition coefficient (Wildman–Crippen LogP) is 3.52. The number of esters is 1. The molecule has 4 heteroatoms. The predicted molar refractivity (Wildman–Crippen MR) is 85.7 cm³/mol. The lowest BCUT2D eigenvalue weighted by Crippen LogP contribution is -2.07. The summed E-state index contributed by atoms with van der Waals surface area (Å²) in [6.45, 7) is 1.98. The van der Waals surface area contributed by atoms with Crippen LogP contribution in [0.1, 0.15) is 22.3 Å². The minimum Gasteiger partial charge on any atom is -0.457 e. The van der Waals surface area contributed by atoms with Crippen molar-refractivity contribution in [3.05, 3.63) is 76.4 Å². The Morgan fingerprint density at radius 2 is 1.91 bits per heavy atom. The van der Waals surface area contributed by atoms with Crippen LogP contribution < -0.4 is 0 Å². The molecule has 2 rings (SSSR count). The number of hydrogen-bond acceptors (Lipinski definition) is 4. The Morgan fingerprint density at radius 3 is 2.57 bits per heavy atom. The second-order valence-corrected chi connectivity index (χ2v) is 4.97. The maximum Gasteiger partial charge on any atom is 0.349 e. The van der Waals surface area contributed by atoms with Gasteiger partial charge in [-0.1, -0.05) is 42.0 Å². The standard InChI is InChI=1S/C19H14N2O2/c1-14-5-7-15(8-6-14)10-18(12-21)19(22)23-13-17-4-2-3-16(9-17)11-20/h2-10H,13H2,1H3/b18-10+. The van der Waals surface area contributed by atoms with E-state index in [2.05, 4.69) is 0 Å². The first-order valence-corrected chi connectivity index (χ1v) is 6.97. The number of nitrogens with zero attached hydrogens (tertiary/aromatic N) is 2. The van der Waals surface area contributed by atoms with Gasteiger partial charge in [0.05, 0.1) is 11.6 Å². The van der Waals surface area contributed by atoms with Crippen LogP contribution in [0.2, 0.25) is 0 Å². The van der Waals surface area contributed by atoms with Gasteiger partial charge in [-0.05, 0) is 36.3 Å². The van der Waals surface area contributed by atoms with E-state index in [4.69, 9.17) is 15.3 Å². The molecule has 0 unspecified atom stereocenters. The van der Waals surface area contributed by atoms with Crippen molar-refractivity contribution in [3.8, 4) is 12.1 Å². The van der Waals surface area contributed by atoms with E-state index < -0.39 is 5.97 Å². The summed E-state index contributed by atoms with van der Waals surface area (Å²) >= 11 is 0. The molecule has 0 bridgehead atoms. The van der Waals surface area contributed by atoms with Crippen LogP contribution in [0.15, 0.2) is 54.1 Å². The molecule has 0 radical (unpaired) electrons. The molecule has 0 amide bonds. The zero-order valence-corrected chi connectivity index (χ0v) is 12.6. The first kappa shape index (κ1) is 16.0. The summed E-state index contributed by atoms with van der Waals surface area (Å²) in [5.41, 5.74) is 2.99. The molecule has 0 fully saturated rings. The minimum absolute atomic E-state index is 0.0151. The summed E-state index contributed by atoms with van der Waals surface area (Å²) in [6, 6.07) is 18.1. The number of carbonyl (C=O) groups excluding carboxylic acids is 1. The number of ether oxygens (including phenoxy) is 1. The lowest BCUT2D eigenvalue weighted by atomic mass is 10.1. The van der Waals surface area contributed by atoms with Crippen LogP contribution in [0.4, 0.5) is 0 Å². The number of rotatable bonds is 4. The van der Waals surface area contributed by atoms with Crippen LogP contribution in [0.25, 0.3) is 6.08 Å². The summed E-state index contributed by atoms with van der Waals surface area (Å²) in [4.78, 5) is 12.0. The van der Waals surface area contributed by atoms with Gasteiger partial charge in [0.25, 0.3) is 0 Å². The van der Waals surface area contributed by atoms with Gasteiger partial charge in [-0.15, -0.1) is 0 Å². The van der Waals surface area contributed by atoms with Gasteiger partial charge >= 0.3 is 5.97 Å². The van der Waals surface area contributed by atoms with Crippen LogP contribution >= 0.6 is 0 Å². The van der Waals surface area contributed by atoms with Crippen LogP contribution in [0, 0.1) is 29.6 Å². The number of hydrogen-bond donors (Lipinski definition) is 0. The molecule has 0 aliphatic heterocycles. The molecule has 0 saturated carbocycles. The first-order chi connectivity index (χ1) is 11.1. The van der Waals surface area contributed by atoms with Crippen LogP contribution in [-0.2, 0) is 16.1 Å². The fourth-order valence-corrected chi connectivity index (χ4v) is 1.92. The molecule has 0 saturated heterocycles. The molecule has 0 N–H and O–H groups in total. The van der Waals surface area contributed by atoms with Gasteiger partial charge in [0.2, 0.25) is 0 Å². The van der Waals surface area contributed by atoms with Gasteiger partial charge in [-0.3, -0.25) is 0 Å². The molecule has 23 heavy (non-hydrogen) atoms. The van der Waals surface area contributed by atoms with Gasteiger partial charge in [-0.2, -0.15) is 10.5 Å². The van der Waals surface area contributed by atoms with Crippen molar-refractivity contribution in [1.82, 2.24) is 0 Å². The van der Waals surface area contributed by atoms with Crippen LogP contribution in [-0.4, -0.2) is 5.97 Å². The Bertz CT molecular complexity index is 822. The molecule has 2 aromatic rings. The Labute approximate surface area is 134 Å². The fourth-order valence-electron chi connectivity index (χ4n) is 1.92. The molecule has 4 nitrogen and oxygen atoms in total. The third-order valence-electron chi connectivity index (χ3n) is 3.15. The zero-order valence-electron chi connectivity index (χ0n) is 12.6. The summed E-state index contributed by atoms with van der Waals surface area (Å²) in [7, 11) is 0. The molecule has 0 aliphatic carbocycles. The van der Waals surface area contributed by atoms with E-state index in [9.17, 15) is 4.79 Å². The second kappa shape index (κ2) is 7.59. The van der Waals surface area contributed by atoms with Gasteiger partial charge in [0, 0.05) is 0 Å². The molecular weight excluding hydrogens is 288 g/mol. The van der Waals surface area contributed by atoms with Crippen molar-refractivity contribution in [1.29, 1.82) is 10.5 Å². The van der Waals surface area contributed by atoms with Gasteiger partial charge in [0.1, 0.15) is 18.2 Å².